The van der Waals surface area contributed by atoms with Gasteiger partial charge in [-0.3, -0.25) is 10.1 Å². The first-order valence-corrected chi connectivity index (χ1v) is 4.98. The number of halogens is 1. The smallest absolute Gasteiger partial charge is 0.258 e. The number of rotatable bonds is 2. The standard InChI is InChI=1S/C8H8INO2/c1-6-7(5-9)3-2-4-8(6)10(11)12/h2-4H,5H2,1H3. The van der Waals surface area contributed by atoms with Gasteiger partial charge < -0.3 is 0 Å². The van der Waals surface area contributed by atoms with Crippen molar-refractivity contribution < 1.29 is 4.92 Å². The fraction of sp³-hybridized carbons (Fsp3) is 0.250. The van der Waals surface area contributed by atoms with Gasteiger partial charge in [0, 0.05) is 16.1 Å². The maximum atomic E-state index is 10.5. The number of nitrogens with zero attached hydrogens (tertiary/aromatic N) is 1. The van der Waals surface area contributed by atoms with Gasteiger partial charge in [0.05, 0.1) is 4.92 Å². The van der Waals surface area contributed by atoms with Crippen molar-refractivity contribution in [2.75, 3.05) is 0 Å². The van der Waals surface area contributed by atoms with E-state index in [4.69, 9.17) is 0 Å². The molecule has 0 fully saturated rings. The SMILES string of the molecule is Cc1c(CI)cccc1[N+](=O)[O-]. The average molecular weight is 277 g/mol. The van der Waals surface area contributed by atoms with Crippen LogP contribution in [0.4, 0.5) is 5.69 Å². The third-order valence-electron chi connectivity index (χ3n) is 1.76. The molecule has 0 heterocycles. The molecule has 0 spiro atoms. The molecule has 0 saturated carbocycles. The molecule has 1 aromatic rings. The van der Waals surface area contributed by atoms with Gasteiger partial charge in [0.1, 0.15) is 0 Å². The first-order chi connectivity index (χ1) is 5.66. The molecular weight excluding hydrogens is 269 g/mol. The zero-order chi connectivity index (χ0) is 9.14. The van der Waals surface area contributed by atoms with Crippen molar-refractivity contribution in [2.45, 2.75) is 11.4 Å². The Hall–Kier alpha value is -0.650. The highest BCUT2D eigenvalue weighted by Gasteiger charge is 2.11. The lowest BCUT2D eigenvalue weighted by Crippen LogP contribution is -1.94. The number of benzene rings is 1. The van der Waals surface area contributed by atoms with Gasteiger partial charge in [-0.1, -0.05) is 34.7 Å². The molecular formula is C8H8INO2. The molecule has 3 nitrogen and oxygen atoms in total. The predicted octanol–water partition coefficient (Wildman–Crippen LogP) is 2.84. The highest BCUT2D eigenvalue weighted by Crippen LogP contribution is 2.22. The van der Waals surface area contributed by atoms with E-state index in [0.29, 0.717) is 0 Å². The van der Waals surface area contributed by atoms with Crippen LogP contribution in [0, 0.1) is 17.0 Å². The molecule has 0 saturated heterocycles. The van der Waals surface area contributed by atoms with Crippen molar-refractivity contribution in [1.82, 2.24) is 0 Å². The van der Waals surface area contributed by atoms with Crippen LogP contribution < -0.4 is 0 Å². The summed E-state index contributed by atoms with van der Waals surface area (Å²) in [4.78, 5) is 10.2. The number of alkyl halides is 1. The van der Waals surface area contributed by atoms with Gasteiger partial charge in [0.15, 0.2) is 0 Å². The first kappa shape index (κ1) is 9.44. The van der Waals surface area contributed by atoms with Crippen LogP contribution in [0.5, 0.6) is 0 Å². The van der Waals surface area contributed by atoms with Crippen LogP contribution in [0.15, 0.2) is 18.2 Å². The highest BCUT2D eigenvalue weighted by molar-refractivity contribution is 14.1. The number of nitro benzene ring substituents is 1. The Morgan fingerprint density at radius 3 is 2.75 bits per heavy atom. The second-order valence-corrected chi connectivity index (χ2v) is 3.21. The lowest BCUT2D eigenvalue weighted by molar-refractivity contribution is -0.385. The van der Waals surface area contributed by atoms with E-state index in [-0.39, 0.29) is 10.6 Å². The zero-order valence-corrected chi connectivity index (χ0v) is 8.74. The van der Waals surface area contributed by atoms with Gasteiger partial charge in [-0.25, -0.2) is 0 Å². The molecule has 0 atom stereocenters. The first-order valence-electron chi connectivity index (χ1n) is 3.45. The zero-order valence-electron chi connectivity index (χ0n) is 6.58. The van der Waals surface area contributed by atoms with Gasteiger partial charge in [-0.05, 0) is 12.5 Å². The van der Waals surface area contributed by atoms with E-state index in [2.05, 4.69) is 22.6 Å². The van der Waals surface area contributed by atoms with Crippen LogP contribution >= 0.6 is 22.6 Å². The molecule has 0 unspecified atom stereocenters. The molecule has 0 aliphatic carbocycles. The third-order valence-corrected chi connectivity index (χ3v) is 2.58. The minimum absolute atomic E-state index is 0.212. The Morgan fingerprint density at radius 2 is 2.25 bits per heavy atom. The Bertz CT molecular complexity index is 312. The fourth-order valence-corrected chi connectivity index (χ4v) is 1.84. The van der Waals surface area contributed by atoms with Gasteiger partial charge >= 0.3 is 0 Å². The summed E-state index contributed by atoms with van der Waals surface area (Å²) < 4.78 is 0.811. The molecule has 0 radical (unpaired) electrons. The molecule has 12 heavy (non-hydrogen) atoms. The monoisotopic (exact) mass is 277 g/mol. The quantitative estimate of drug-likeness (QED) is 0.361. The Morgan fingerprint density at radius 1 is 1.58 bits per heavy atom. The van der Waals surface area contributed by atoms with Crippen molar-refractivity contribution in [1.29, 1.82) is 0 Å². The predicted molar refractivity (Wildman–Crippen MR) is 55.6 cm³/mol. The van der Waals surface area contributed by atoms with Crippen LogP contribution in [0.1, 0.15) is 11.1 Å². The minimum atomic E-state index is -0.342. The second-order valence-electron chi connectivity index (χ2n) is 2.45. The highest BCUT2D eigenvalue weighted by atomic mass is 127. The van der Waals surface area contributed by atoms with Crippen LogP contribution in [0.25, 0.3) is 0 Å². The number of nitro groups is 1. The molecule has 1 aromatic carbocycles. The summed E-state index contributed by atoms with van der Waals surface area (Å²) in [5.41, 5.74) is 2.02. The van der Waals surface area contributed by atoms with Crippen LogP contribution in [-0.4, -0.2) is 4.92 Å². The van der Waals surface area contributed by atoms with E-state index in [1.807, 2.05) is 6.07 Å². The number of hydrogen-bond acceptors (Lipinski definition) is 2. The van der Waals surface area contributed by atoms with Crippen molar-refractivity contribution in [3.63, 3.8) is 0 Å². The molecule has 0 N–H and O–H groups in total. The van der Waals surface area contributed by atoms with Gasteiger partial charge in [0.25, 0.3) is 5.69 Å². The van der Waals surface area contributed by atoms with Crippen LogP contribution in [-0.2, 0) is 4.43 Å². The molecule has 4 heteroatoms. The normalized spacial score (nSPS) is 9.83. The van der Waals surface area contributed by atoms with E-state index in [1.165, 1.54) is 6.07 Å². The molecule has 0 aromatic heterocycles. The maximum Gasteiger partial charge on any atom is 0.272 e. The van der Waals surface area contributed by atoms with Gasteiger partial charge in [0.2, 0.25) is 0 Å². The lowest BCUT2D eigenvalue weighted by atomic mass is 10.1. The summed E-state index contributed by atoms with van der Waals surface area (Å²) in [6.45, 7) is 1.78. The second kappa shape index (κ2) is 3.84. The van der Waals surface area contributed by atoms with Crippen molar-refractivity contribution >= 4 is 28.3 Å². The van der Waals surface area contributed by atoms with Crippen LogP contribution in [0.3, 0.4) is 0 Å². The van der Waals surface area contributed by atoms with Gasteiger partial charge in [-0.15, -0.1) is 0 Å². The summed E-state index contributed by atoms with van der Waals surface area (Å²) in [6.07, 6.45) is 0. The van der Waals surface area contributed by atoms with E-state index in [1.54, 1.807) is 13.0 Å². The Balaban J connectivity index is 3.23. The Kier molecular flexibility index (Phi) is 3.02. The van der Waals surface area contributed by atoms with Gasteiger partial charge in [-0.2, -0.15) is 0 Å². The Labute approximate surface area is 84.1 Å². The molecule has 0 aliphatic rings. The molecule has 64 valence electrons. The minimum Gasteiger partial charge on any atom is -0.258 e. The average Bonchev–Trinajstić information content (AvgIpc) is 2.04. The van der Waals surface area contributed by atoms with E-state index in [0.717, 1.165) is 15.6 Å². The molecule has 0 aliphatic heterocycles. The summed E-state index contributed by atoms with van der Waals surface area (Å²) in [5, 5.41) is 10.5. The van der Waals surface area contributed by atoms with Crippen molar-refractivity contribution in [2.24, 2.45) is 0 Å². The molecule has 0 amide bonds. The van der Waals surface area contributed by atoms with E-state index < -0.39 is 0 Å². The molecule has 1 rings (SSSR count). The van der Waals surface area contributed by atoms with E-state index >= 15 is 0 Å². The summed E-state index contributed by atoms with van der Waals surface area (Å²) in [7, 11) is 0. The fourth-order valence-electron chi connectivity index (χ4n) is 1.01. The summed E-state index contributed by atoms with van der Waals surface area (Å²) >= 11 is 2.20. The third kappa shape index (κ3) is 1.74. The summed E-state index contributed by atoms with van der Waals surface area (Å²) in [6, 6.07) is 5.17. The van der Waals surface area contributed by atoms with Crippen molar-refractivity contribution in [3.05, 3.63) is 39.4 Å². The maximum absolute atomic E-state index is 10.5. The topological polar surface area (TPSA) is 43.1 Å². The van der Waals surface area contributed by atoms with E-state index in [9.17, 15) is 10.1 Å². The summed E-state index contributed by atoms with van der Waals surface area (Å²) in [5.74, 6) is 0. The largest absolute Gasteiger partial charge is 0.272 e. The lowest BCUT2D eigenvalue weighted by Gasteiger charge is -2.01. The van der Waals surface area contributed by atoms with Crippen LogP contribution in [0.2, 0.25) is 0 Å². The van der Waals surface area contributed by atoms with Crippen molar-refractivity contribution in [3.8, 4) is 0 Å². The number of hydrogen-bond donors (Lipinski definition) is 0. The molecule has 0 bridgehead atoms.